The molecule has 2 aromatic rings. The zero-order chi connectivity index (χ0) is 19.3. The monoisotopic (exact) mass is 405 g/mol. The molecule has 6 nitrogen and oxygen atoms in total. The van der Waals surface area contributed by atoms with Crippen LogP contribution in [0.4, 0.5) is 0 Å². The van der Waals surface area contributed by atoms with Gasteiger partial charge in [-0.2, -0.15) is 4.31 Å². The molecule has 0 bridgehead atoms. The lowest BCUT2D eigenvalue weighted by atomic mass is 10.2. The van der Waals surface area contributed by atoms with Gasteiger partial charge in [-0.25, -0.2) is 13.4 Å². The molecule has 0 spiro atoms. The van der Waals surface area contributed by atoms with Crippen molar-refractivity contribution in [2.24, 2.45) is 0 Å². The molecule has 1 aliphatic heterocycles. The second-order valence-corrected chi connectivity index (χ2v) is 9.71. The number of thioether (sulfide) groups is 1. The molecule has 1 aliphatic rings. The Hall–Kier alpha value is -1.90. The Labute approximate surface area is 164 Å². The summed E-state index contributed by atoms with van der Waals surface area (Å²) in [5, 5.41) is 3.19. The van der Waals surface area contributed by atoms with Crippen LogP contribution in [-0.2, 0) is 21.4 Å². The zero-order valence-corrected chi connectivity index (χ0v) is 16.8. The van der Waals surface area contributed by atoms with Gasteiger partial charge < -0.3 is 5.32 Å². The summed E-state index contributed by atoms with van der Waals surface area (Å²) >= 11 is 1.31. The third kappa shape index (κ3) is 5.09. The Kier molecular flexibility index (Phi) is 6.51. The minimum absolute atomic E-state index is 0.0839. The first kappa shape index (κ1) is 19.9. The van der Waals surface area contributed by atoms with Crippen molar-refractivity contribution >= 4 is 27.7 Å². The second kappa shape index (κ2) is 8.86. The average Bonchev–Trinajstić information content (AvgIpc) is 3.23. The Bertz CT molecular complexity index is 865. The molecule has 1 aromatic heterocycles. The highest BCUT2D eigenvalue weighted by Crippen LogP contribution is 2.25. The third-order valence-corrected chi connectivity index (χ3v) is 7.32. The molecule has 1 saturated heterocycles. The summed E-state index contributed by atoms with van der Waals surface area (Å²) in [6, 6.07) is 12.9. The summed E-state index contributed by atoms with van der Waals surface area (Å²) in [5.41, 5.74) is 1.04. The molecule has 144 valence electrons. The molecule has 1 fully saturated rings. The normalized spacial score (nSPS) is 16.2. The van der Waals surface area contributed by atoms with Gasteiger partial charge in [-0.3, -0.25) is 4.79 Å². The van der Waals surface area contributed by atoms with Crippen LogP contribution in [0.3, 0.4) is 0 Å². The molecule has 2 heterocycles. The quantitative estimate of drug-likeness (QED) is 0.717. The zero-order valence-electron chi connectivity index (χ0n) is 15.2. The molecule has 3 rings (SSSR count). The second-order valence-electron chi connectivity index (χ2n) is 6.41. The molecule has 1 amide bonds. The van der Waals surface area contributed by atoms with Gasteiger partial charge in [0.2, 0.25) is 15.9 Å². The SMILES string of the molecule is C[C@H](Sc1ccc(S(=O)(=O)N2CCCC2)cn1)C(=O)NCc1ccccc1. The lowest BCUT2D eigenvalue weighted by Gasteiger charge is -2.15. The van der Waals surface area contributed by atoms with E-state index >= 15 is 0 Å². The van der Waals surface area contributed by atoms with E-state index in [-0.39, 0.29) is 16.1 Å². The van der Waals surface area contributed by atoms with E-state index in [0.717, 1.165) is 18.4 Å². The lowest BCUT2D eigenvalue weighted by Crippen LogP contribution is -2.30. The fraction of sp³-hybridized carbons (Fsp3) is 0.368. The molecule has 1 atom stereocenters. The standard InChI is InChI=1S/C19H23N3O3S2/c1-15(19(23)21-13-16-7-3-2-4-8-16)26-18-10-9-17(14-20-18)27(24,25)22-11-5-6-12-22/h2-4,7-10,14-15H,5-6,11-13H2,1H3,(H,21,23)/t15-/m0/s1. The van der Waals surface area contributed by atoms with Gasteiger partial charge in [0.1, 0.15) is 4.90 Å². The molecular formula is C19H23N3O3S2. The highest BCUT2D eigenvalue weighted by atomic mass is 32.2. The van der Waals surface area contributed by atoms with Gasteiger partial charge in [-0.15, -0.1) is 0 Å². The number of aromatic nitrogens is 1. The van der Waals surface area contributed by atoms with Crippen LogP contribution in [0, 0.1) is 0 Å². The largest absolute Gasteiger partial charge is 0.351 e. The molecular weight excluding hydrogens is 382 g/mol. The number of hydrogen-bond acceptors (Lipinski definition) is 5. The van der Waals surface area contributed by atoms with E-state index < -0.39 is 10.0 Å². The number of carbonyl (C=O) groups excluding carboxylic acids is 1. The average molecular weight is 406 g/mol. The molecule has 0 radical (unpaired) electrons. The fourth-order valence-electron chi connectivity index (χ4n) is 2.83. The van der Waals surface area contributed by atoms with E-state index in [1.54, 1.807) is 12.1 Å². The van der Waals surface area contributed by atoms with Crippen molar-refractivity contribution in [1.29, 1.82) is 0 Å². The summed E-state index contributed by atoms with van der Waals surface area (Å²) in [6.45, 7) is 3.42. The first-order chi connectivity index (χ1) is 13.0. The Morgan fingerprint density at radius 3 is 2.52 bits per heavy atom. The van der Waals surface area contributed by atoms with Crippen molar-refractivity contribution in [3.05, 3.63) is 54.2 Å². The van der Waals surface area contributed by atoms with E-state index in [0.29, 0.717) is 24.7 Å². The minimum atomic E-state index is -3.46. The third-order valence-electron chi connectivity index (χ3n) is 4.39. The van der Waals surface area contributed by atoms with Crippen LogP contribution >= 0.6 is 11.8 Å². The van der Waals surface area contributed by atoms with Gasteiger partial charge in [-0.05, 0) is 37.5 Å². The highest BCUT2D eigenvalue weighted by Gasteiger charge is 2.27. The molecule has 8 heteroatoms. The van der Waals surface area contributed by atoms with Crippen LogP contribution in [-0.4, -0.2) is 42.0 Å². The molecule has 0 saturated carbocycles. The molecule has 0 aliphatic carbocycles. The van der Waals surface area contributed by atoms with E-state index in [1.165, 1.54) is 22.3 Å². The van der Waals surface area contributed by atoms with Crippen LogP contribution in [0.1, 0.15) is 25.3 Å². The molecule has 0 unspecified atom stereocenters. The lowest BCUT2D eigenvalue weighted by molar-refractivity contribution is -0.120. The van der Waals surface area contributed by atoms with Gasteiger partial charge in [0, 0.05) is 25.8 Å². The van der Waals surface area contributed by atoms with Crippen LogP contribution in [0.25, 0.3) is 0 Å². The van der Waals surface area contributed by atoms with Crippen molar-refractivity contribution in [2.45, 2.75) is 41.5 Å². The van der Waals surface area contributed by atoms with Gasteiger partial charge in [0.15, 0.2) is 0 Å². The van der Waals surface area contributed by atoms with E-state index in [9.17, 15) is 13.2 Å². The predicted octanol–water partition coefficient (Wildman–Crippen LogP) is 2.66. The Morgan fingerprint density at radius 2 is 1.89 bits per heavy atom. The summed E-state index contributed by atoms with van der Waals surface area (Å²) in [6.07, 6.45) is 3.18. The van der Waals surface area contributed by atoms with Gasteiger partial charge in [0.05, 0.1) is 10.3 Å². The maximum atomic E-state index is 12.5. The Balaban J connectivity index is 1.56. The number of nitrogens with zero attached hydrogens (tertiary/aromatic N) is 2. The molecule has 1 aromatic carbocycles. The first-order valence-electron chi connectivity index (χ1n) is 8.91. The highest BCUT2D eigenvalue weighted by molar-refractivity contribution is 8.00. The number of pyridine rings is 1. The van der Waals surface area contributed by atoms with E-state index in [1.807, 2.05) is 37.3 Å². The van der Waals surface area contributed by atoms with Crippen LogP contribution in [0.5, 0.6) is 0 Å². The van der Waals surface area contributed by atoms with Crippen molar-refractivity contribution in [3.63, 3.8) is 0 Å². The van der Waals surface area contributed by atoms with E-state index in [4.69, 9.17) is 0 Å². The topological polar surface area (TPSA) is 79.4 Å². The van der Waals surface area contributed by atoms with Gasteiger partial charge >= 0.3 is 0 Å². The van der Waals surface area contributed by atoms with Crippen LogP contribution in [0.2, 0.25) is 0 Å². The van der Waals surface area contributed by atoms with Gasteiger partial charge in [0.25, 0.3) is 0 Å². The maximum absolute atomic E-state index is 12.5. The number of nitrogens with one attached hydrogen (secondary N) is 1. The first-order valence-corrected chi connectivity index (χ1v) is 11.2. The van der Waals surface area contributed by atoms with Crippen molar-refractivity contribution in [2.75, 3.05) is 13.1 Å². The predicted molar refractivity (Wildman–Crippen MR) is 106 cm³/mol. The maximum Gasteiger partial charge on any atom is 0.244 e. The van der Waals surface area contributed by atoms with Gasteiger partial charge in [-0.1, -0.05) is 42.1 Å². The fourth-order valence-corrected chi connectivity index (χ4v) is 5.11. The number of carbonyl (C=O) groups is 1. The summed E-state index contributed by atoms with van der Waals surface area (Å²) in [5.74, 6) is -0.0839. The van der Waals surface area contributed by atoms with Crippen molar-refractivity contribution in [3.8, 4) is 0 Å². The van der Waals surface area contributed by atoms with Crippen molar-refractivity contribution in [1.82, 2.24) is 14.6 Å². The minimum Gasteiger partial charge on any atom is -0.351 e. The molecule has 1 N–H and O–H groups in total. The van der Waals surface area contributed by atoms with Crippen LogP contribution in [0.15, 0.2) is 58.6 Å². The summed E-state index contributed by atoms with van der Waals surface area (Å²) in [7, 11) is -3.46. The summed E-state index contributed by atoms with van der Waals surface area (Å²) < 4.78 is 26.5. The number of hydrogen-bond donors (Lipinski definition) is 1. The number of sulfonamides is 1. The van der Waals surface area contributed by atoms with Crippen LogP contribution < -0.4 is 5.32 Å². The van der Waals surface area contributed by atoms with Crippen molar-refractivity contribution < 1.29 is 13.2 Å². The molecule has 27 heavy (non-hydrogen) atoms. The Morgan fingerprint density at radius 1 is 1.19 bits per heavy atom. The number of rotatable bonds is 7. The number of amides is 1. The number of benzene rings is 1. The summed E-state index contributed by atoms with van der Waals surface area (Å²) in [4.78, 5) is 16.7. The smallest absolute Gasteiger partial charge is 0.244 e. The van der Waals surface area contributed by atoms with E-state index in [2.05, 4.69) is 10.3 Å².